The molecule has 1 aromatic heterocycles. The Morgan fingerprint density at radius 1 is 1.16 bits per heavy atom. The lowest BCUT2D eigenvalue weighted by Crippen LogP contribution is -2.05. The van der Waals surface area contributed by atoms with Crippen LogP contribution < -0.4 is 5.32 Å². The Hall–Kier alpha value is -1.32. The fourth-order valence-electron chi connectivity index (χ4n) is 1.75. The first-order chi connectivity index (χ1) is 9.10. The highest BCUT2D eigenvalue weighted by Gasteiger charge is 2.08. The zero-order valence-corrected chi connectivity index (χ0v) is 12.4. The Morgan fingerprint density at radius 3 is 2.47 bits per heavy atom. The summed E-state index contributed by atoms with van der Waals surface area (Å²) in [5, 5.41) is 4.37. The zero-order chi connectivity index (χ0) is 13.8. The minimum absolute atomic E-state index is 0.601. The summed E-state index contributed by atoms with van der Waals surface area (Å²) in [4.78, 5) is 8.78. The molecule has 0 aliphatic heterocycles. The number of rotatable bonds is 4. The van der Waals surface area contributed by atoms with Crippen molar-refractivity contribution in [2.45, 2.75) is 20.3 Å². The molecule has 1 N–H and O–H groups in total. The first-order valence-electron chi connectivity index (χ1n) is 6.14. The second kappa shape index (κ2) is 6.22. The van der Waals surface area contributed by atoms with Gasteiger partial charge in [0.2, 0.25) is 5.95 Å². The van der Waals surface area contributed by atoms with Crippen molar-refractivity contribution in [3.63, 3.8) is 0 Å². The fraction of sp³-hybridized carbons (Fsp3) is 0.286. The highest BCUT2D eigenvalue weighted by molar-refractivity contribution is 6.35. The van der Waals surface area contributed by atoms with Gasteiger partial charge in [-0.15, -0.1) is 0 Å². The van der Waals surface area contributed by atoms with Gasteiger partial charge in [0.15, 0.2) is 0 Å². The van der Waals surface area contributed by atoms with Crippen LogP contribution in [0.2, 0.25) is 10.0 Å². The molecule has 0 saturated heterocycles. The van der Waals surface area contributed by atoms with Gasteiger partial charge in [0, 0.05) is 28.4 Å². The third-order valence-corrected chi connectivity index (χ3v) is 3.08. The van der Waals surface area contributed by atoms with Gasteiger partial charge in [0.1, 0.15) is 0 Å². The standard InChI is InChI=1S/C14H15Cl2N3/c1-3-4-17-14-18-8-9(2)13(19-14)10-5-11(15)7-12(16)6-10/h5-8H,3-4H2,1-2H3,(H,17,18,19). The summed E-state index contributed by atoms with van der Waals surface area (Å²) in [7, 11) is 0. The molecule has 2 rings (SSSR count). The van der Waals surface area contributed by atoms with E-state index in [4.69, 9.17) is 23.2 Å². The molecule has 1 aromatic carbocycles. The van der Waals surface area contributed by atoms with Gasteiger partial charge in [0.25, 0.3) is 0 Å². The molecule has 0 saturated carbocycles. The summed E-state index contributed by atoms with van der Waals surface area (Å²) < 4.78 is 0. The van der Waals surface area contributed by atoms with E-state index in [1.165, 1.54) is 0 Å². The average molecular weight is 296 g/mol. The maximum absolute atomic E-state index is 6.03. The van der Waals surface area contributed by atoms with Crippen LogP contribution >= 0.6 is 23.2 Å². The molecule has 100 valence electrons. The first kappa shape index (κ1) is 14.1. The summed E-state index contributed by atoms with van der Waals surface area (Å²) in [6.45, 7) is 4.91. The molecule has 19 heavy (non-hydrogen) atoms. The van der Waals surface area contributed by atoms with Gasteiger partial charge in [-0.3, -0.25) is 0 Å². The Bertz CT molecular complexity index is 565. The van der Waals surface area contributed by atoms with Crippen molar-refractivity contribution in [1.82, 2.24) is 9.97 Å². The lowest BCUT2D eigenvalue weighted by atomic mass is 10.1. The lowest BCUT2D eigenvalue weighted by molar-refractivity contribution is 0.951. The van der Waals surface area contributed by atoms with E-state index in [1.807, 2.05) is 19.1 Å². The SMILES string of the molecule is CCCNc1ncc(C)c(-c2cc(Cl)cc(Cl)c2)n1. The number of halogens is 2. The highest BCUT2D eigenvalue weighted by atomic mass is 35.5. The van der Waals surface area contributed by atoms with E-state index < -0.39 is 0 Å². The van der Waals surface area contributed by atoms with Crippen molar-refractivity contribution in [3.05, 3.63) is 40.0 Å². The van der Waals surface area contributed by atoms with E-state index >= 15 is 0 Å². The van der Waals surface area contributed by atoms with E-state index in [9.17, 15) is 0 Å². The molecule has 3 nitrogen and oxygen atoms in total. The smallest absolute Gasteiger partial charge is 0.223 e. The van der Waals surface area contributed by atoms with Crippen LogP contribution in [0.15, 0.2) is 24.4 Å². The molecule has 5 heteroatoms. The van der Waals surface area contributed by atoms with Gasteiger partial charge in [-0.2, -0.15) is 0 Å². The van der Waals surface area contributed by atoms with Gasteiger partial charge >= 0.3 is 0 Å². The second-order valence-corrected chi connectivity index (χ2v) is 5.18. The molecular weight excluding hydrogens is 281 g/mol. The molecule has 0 radical (unpaired) electrons. The van der Waals surface area contributed by atoms with Gasteiger partial charge in [0.05, 0.1) is 5.69 Å². The lowest BCUT2D eigenvalue weighted by Gasteiger charge is -2.09. The van der Waals surface area contributed by atoms with Crippen LogP contribution in [0.4, 0.5) is 5.95 Å². The predicted molar refractivity (Wildman–Crippen MR) is 81.0 cm³/mol. The van der Waals surface area contributed by atoms with E-state index in [2.05, 4.69) is 22.2 Å². The number of hydrogen-bond acceptors (Lipinski definition) is 3. The van der Waals surface area contributed by atoms with E-state index in [0.717, 1.165) is 29.8 Å². The highest BCUT2D eigenvalue weighted by Crippen LogP contribution is 2.28. The van der Waals surface area contributed by atoms with Crippen molar-refractivity contribution < 1.29 is 0 Å². The van der Waals surface area contributed by atoms with Gasteiger partial charge in [-0.05, 0) is 37.1 Å². The third kappa shape index (κ3) is 3.58. The third-order valence-electron chi connectivity index (χ3n) is 2.64. The summed E-state index contributed by atoms with van der Waals surface area (Å²) >= 11 is 12.1. The van der Waals surface area contributed by atoms with E-state index in [0.29, 0.717) is 16.0 Å². The molecule has 0 fully saturated rings. The molecular formula is C14H15Cl2N3. The van der Waals surface area contributed by atoms with E-state index in [-0.39, 0.29) is 0 Å². The summed E-state index contributed by atoms with van der Waals surface area (Å²) in [6.07, 6.45) is 2.82. The quantitative estimate of drug-likeness (QED) is 0.897. The van der Waals surface area contributed by atoms with Crippen LogP contribution in [0.25, 0.3) is 11.3 Å². The summed E-state index contributed by atoms with van der Waals surface area (Å²) in [5.41, 5.74) is 2.73. The van der Waals surface area contributed by atoms with Crippen LogP contribution in [-0.4, -0.2) is 16.5 Å². The van der Waals surface area contributed by atoms with Crippen LogP contribution in [0, 0.1) is 6.92 Å². The minimum Gasteiger partial charge on any atom is -0.354 e. The molecule has 0 spiro atoms. The topological polar surface area (TPSA) is 37.8 Å². The predicted octanol–water partition coefficient (Wildman–Crippen LogP) is 4.58. The molecule has 1 heterocycles. The Balaban J connectivity index is 2.42. The normalized spacial score (nSPS) is 10.5. The molecule has 0 bridgehead atoms. The first-order valence-corrected chi connectivity index (χ1v) is 6.89. The molecule has 0 atom stereocenters. The van der Waals surface area contributed by atoms with Crippen molar-refractivity contribution >= 4 is 29.2 Å². The van der Waals surface area contributed by atoms with Crippen molar-refractivity contribution in [3.8, 4) is 11.3 Å². The fourth-order valence-corrected chi connectivity index (χ4v) is 2.27. The van der Waals surface area contributed by atoms with Gasteiger partial charge in [-0.25, -0.2) is 9.97 Å². The maximum atomic E-state index is 6.03. The largest absolute Gasteiger partial charge is 0.354 e. The number of anilines is 1. The molecule has 0 amide bonds. The number of nitrogens with zero attached hydrogens (tertiary/aromatic N) is 2. The van der Waals surface area contributed by atoms with Crippen molar-refractivity contribution in [1.29, 1.82) is 0 Å². The van der Waals surface area contributed by atoms with Crippen LogP contribution in [0.1, 0.15) is 18.9 Å². The number of aryl methyl sites for hydroxylation is 1. The van der Waals surface area contributed by atoms with Crippen LogP contribution in [0.5, 0.6) is 0 Å². The van der Waals surface area contributed by atoms with Crippen LogP contribution in [0.3, 0.4) is 0 Å². The Morgan fingerprint density at radius 2 is 1.84 bits per heavy atom. The number of aromatic nitrogens is 2. The molecule has 2 aromatic rings. The maximum Gasteiger partial charge on any atom is 0.223 e. The number of hydrogen-bond donors (Lipinski definition) is 1. The molecule has 0 aliphatic rings. The average Bonchev–Trinajstić information content (AvgIpc) is 2.36. The molecule has 0 unspecified atom stereocenters. The van der Waals surface area contributed by atoms with Crippen molar-refractivity contribution in [2.24, 2.45) is 0 Å². The monoisotopic (exact) mass is 295 g/mol. The zero-order valence-electron chi connectivity index (χ0n) is 10.9. The Kier molecular flexibility index (Phi) is 4.61. The van der Waals surface area contributed by atoms with Crippen LogP contribution in [-0.2, 0) is 0 Å². The number of nitrogens with one attached hydrogen (secondary N) is 1. The van der Waals surface area contributed by atoms with Crippen molar-refractivity contribution in [2.75, 3.05) is 11.9 Å². The summed E-state index contributed by atoms with van der Waals surface area (Å²) in [6, 6.07) is 5.41. The van der Waals surface area contributed by atoms with Gasteiger partial charge in [-0.1, -0.05) is 30.1 Å². The number of benzene rings is 1. The Labute approximate surface area is 123 Å². The minimum atomic E-state index is 0.601. The second-order valence-electron chi connectivity index (χ2n) is 4.31. The summed E-state index contributed by atoms with van der Waals surface area (Å²) in [5.74, 6) is 0.624. The molecule has 0 aliphatic carbocycles. The van der Waals surface area contributed by atoms with E-state index in [1.54, 1.807) is 12.3 Å². The van der Waals surface area contributed by atoms with Gasteiger partial charge < -0.3 is 5.32 Å².